The topological polar surface area (TPSA) is 12.4 Å². The van der Waals surface area contributed by atoms with Crippen molar-refractivity contribution < 1.29 is 0 Å². The molecule has 0 aromatic rings. The third-order valence-electron chi connectivity index (χ3n) is 1.25. The van der Waals surface area contributed by atoms with Crippen molar-refractivity contribution in [2.45, 2.75) is 13.6 Å². The summed E-state index contributed by atoms with van der Waals surface area (Å²) < 4.78 is 0. The van der Waals surface area contributed by atoms with E-state index in [1.54, 1.807) is 6.08 Å². The molecule has 0 spiro atoms. The van der Waals surface area contributed by atoms with Gasteiger partial charge in [-0.1, -0.05) is 38.5 Å². The Balaban J connectivity index is 4.10. The Labute approximate surface area is 63.6 Å². The minimum Gasteiger partial charge on any atom is -0.303 e. The van der Waals surface area contributed by atoms with Gasteiger partial charge in [0.05, 0.1) is 0 Å². The summed E-state index contributed by atoms with van der Waals surface area (Å²) in [6.07, 6.45) is 5.65. The van der Waals surface area contributed by atoms with Crippen LogP contribution in [0.15, 0.2) is 29.8 Å². The average Bonchev–Trinajstić information content (AvgIpc) is 1.89. The second kappa shape index (κ2) is 5.04. The molecule has 0 heterocycles. The van der Waals surface area contributed by atoms with Gasteiger partial charge < -0.3 is 4.99 Å². The average molecular weight is 135 g/mol. The molecule has 1 nitrogen and oxygen atoms in total. The van der Waals surface area contributed by atoms with Crippen molar-refractivity contribution in [2.24, 2.45) is 4.99 Å². The normalized spacial score (nSPS) is 12.1. The fourth-order valence-electron chi connectivity index (χ4n) is 0.692. The molecule has 0 aliphatic carbocycles. The predicted molar refractivity (Wildman–Crippen MR) is 50.2 cm³/mol. The first-order valence-corrected chi connectivity index (χ1v) is 3.48. The number of aliphatic imine (C=N–C) groups is 1. The molecule has 0 rings (SSSR count). The van der Waals surface area contributed by atoms with Crippen molar-refractivity contribution in [3.63, 3.8) is 0 Å². The molecule has 0 aromatic heterocycles. The quantitative estimate of drug-likeness (QED) is 0.319. The lowest BCUT2D eigenvalue weighted by Gasteiger charge is -1.97. The largest absolute Gasteiger partial charge is 0.303 e. The lowest BCUT2D eigenvalue weighted by Crippen LogP contribution is -2.14. The van der Waals surface area contributed by atoms with E-state index >= 15 is 0 Å². The van der Waals surface area contributed by atoms with Gasteiger partial charge in [-0.25, -0.2) is 0 Å². The van der Waals surface area contributed by atoms with Crippen molar-refractivity contribution in [1.82, 2.24) is 0 Å². The van der Waals surface area contributed by atoms with E-state index in [1.807, 2.05) is 19.2 Å². The van der Waals surface area contributed by atoms with E-state index in [-0.39, 0.29) is 0 Å². The van der Waals surface area contributed by atoms with Crippen LogP contribution in [0.2, 0.25) is 13.6 Å². The number of allylic oxidation sites excluding steroid dienone is 3. The minimum atomic E-state index is 0.501. The van der Waals surface area contributed by atoms with Crippen LogP contribution in [-0.4, -0.2) is 19.4 Å². The Kier molecular flexibility index (Phi) is 4.64. The molecule has 54 valence electrons. The van der Waals surface area contributed by atoms with Crippen LogP contribution >= 0.6 is 0 Å². The van der Waals surface area contributed by atoms with Crippen molar-refractivity contribution in [3.05, 3.63) is 24.8 Å². The zero-order valence-corrected chi connectivity index (χ0v) is 6.96. The Morgan fingerprint density at radius 2 is 2.10 bits per heavy atom. The van der Waals surface area contributed by atoms with Crippen LogP contribution in [0.5, 0.6) is 0 Å². The maximum Gasteiger partial charge on any atom is 0.193 e. The van der Waals surface area contributed by atoms with Crippen molar-refractivity contribution >= 4 is 12.3 Å². The van der Waals surface area contributed by atoms with E-state index in [0.29, 0.717) is 6.71 Å². The van der Waals surface area contributed by atoms with Crippen LogP contribution in [0.3, 0.4) is 0 Å². The van der Waals surface area contributed by atoms with Gasteiger partial charge in [-0.3, -0.25) is 0 Å². The third kappa shape index (κ3) is 3.28. The Morgan fingerprint density at radius 3 is 2.40 bits per heavy atom. The van der Waals surface area contributed by atoms with Crippen molar-refractivity contribution in [2.75, 3.05) is 7.05 Å². The molecule has 0 bridgehead atoms. The second-order valence-electron chi connectivity index (χ2n) is 2.40. The highest BCUT2D eigenvalue weighted by molar-refractivity contribution is 6.91. The first-order valence-electron chi connectivity index (χ1n) is 3.48. The summed E-state index contributed by atoms with van der Waals surface area (Å²) in [6, 6.07) is 0. The third-order valence-corrected chi connectivity index (χ3v) is 1.25. The first kappa shape index (κ1) is 9.21. The highest BCUT2D eigenvalue weighted by Gasteiger charge is 2.01. The van der Waals surface area contributed by atoms with Gasteiger partial charge in [0.25, 0.3) is 0 Å². The number of rotatable bonds is 3. The van der Waals surface area contributed by atoms with Crippen LogP contribution in [0, 0.1) is 0 Å². The second-order valence-corrected chi connectivity index (χ2v) is 2.40. The van der Waals surface area contributed by atoms with Crippen LogP contribution in [-0.2, 0) is 0 Å². The van der Waals surface area contributed by atoms with Gasteiger partial charge in [0, 0.05) is 7.05 Å². The van der Waals surface area contributed by atoms with Crippen LogP contribution in [0.4, 0.5) is 0 Å². The molecule has 0 aliphatic rings. The van der Waals surface area contributed by atoms with Gasteiger partial charge in [-0.05, 0) is 5.61 Å². The molecule has 0 saturated carbocycles. The van der Waals surface area contributed by atoms with Crippen molar-refractivity contribution in [3.8, 4) is 0 Å². The van der Waals surface area contributed by atoms with Gasteiger partial charge in [0.1, 0.15) is 0 Å². The van der Waals surface area contributed by atoms with E-state index in [4.69, 9.17) is 0 Å². The predicted octanol–water partition coefficient (Wildman–Crippen LogP) is 2.09. The molecule has 0 atom stereocenters. The summed E-state index contributed by atoms with van der Waals surface area (Å²) in [4.78, 5) is 4.11. The Bertz CT molecular complexity index is 157. The highest BCUT2D eigenvalue weighted by Crippen LogP contribution is 1.89. The molecule has 2 heteroatoms. The zero-order valence-electron chi connectivity index (χ0n) is 6.96. The van der Waals surface area contributed by atoms with Crippen molar-refractivity contribution in [1.29, 1.82) is 0 Å². The van der Waals surface area contributed by atoms with E-state index in [1.165, 1.54) is 0 Å². The minimum absolute atomic E-state index is 0.501. The lowest BCUT2D eigenvalue weighted by atomic mass is 9.50. The van der Waals surface area contributed by atoms with Crippen LogP contribution < -0.4 is 0 Å². The first-order chi connectivity index (χ1) is 4.72. The lowest BCUT2D eigenvalue weighted by molar-refractivity contribution is 1.46. The molecule has 0 unspecified atom stereocenters. The molecule has 10 heavy (non-hydrogen) atoms. The molecule has 0 saturated heterocycles. The fourth-order valence-corrected chi connectivity index (χ4v) is 0.692. The van der Waals surface area contributed by atoms with Crippen LogP contribution in [0.25, 0.3) is 0 Å². The van der Waals surface area contributed by atoms with E-state index in [0.717, 1.165) is 5.61 Å². The molecule has 0 amide bonds. The Hall–Kier alpha value is -0.785. The maximum absolute atomic E-state index is 4.11. The number of hydrogen-bond acceptors (Lipinski definition) is 1. The number of hydrogen-bond donors (Lipinski definition) is 0. The number of nitrogens with zero attached hydrogens (tertiary/aromatic N) is 1. The van der Waals surface area contributed by atoms with E-state index in [2.05, 4.69) is 25.2 Å². The molecule has 0 aliphatic heterocycles. The summed E-state index contributed by atoms with van der Waals surface area (Å²) in [5.41, 5.74) is 1.11. The molecular formula is C8H14BN. The maximum atomic E-state index is 4.11. The standard InChI is InChI=1S/C8H14BN/c1-5-6-7-8(10-4)9(2)3/h5-7H,1H2,2-4H3/b7-6-,10-8?. The monoisotopic (exact) mass is 135 g/mol. The van der Waals surface area contributed by atoms with Gasteiger partial charge >= 0.3 is 0 Å². The van der Waals surface area contributed by atoms with E-state index in [9.17, 15) is 0 Å². The van der Waals surface area contributed by atoms with Crippen LogP contribution in [0.1, 0.15) is 0 Å². The van der Waals surface area contributed by atoms with Gasteiger partial charge in [-0.15, -0.1) is 0 Å². The van der Waals surface area contributed by atoms with E-state index < -0.39 is 0 Å². The molecule has 0 radical (unpaired) electrons. The zero-order chi connectivity index (χ0) is 7.98. The summed E-state index contributed by atoms with van der Waals surface area (Å²) in [7, 11) is 1.81. The summed E-state index contributed by atoms with van der Waals surface area (Å²) in [6.45, 7) is 8.33. The summed E-state index contributed by atoms with van der Waals surface area (Å²) in [5, 5.41) is 0. The molecule has 0 fully saturated rings. The Morgan fingerprint density at radius 1 is 1.50 bits per heavy atom. The molecular weight excluding hydrogens is 121 g/mol. The van der Waals surface area contributed by atoms with Gasteiger partial charge in [0.2, 0.25) is 0 Å². The fraction of sp³-hybridized carbons (Fsp3) is 0.375. The summed E-state index contributed by atoms with van der Waals surface area (Å²) in [5.74, 6) is 0. The van der Waals surface area contributed by atoms with Gasteiger partial charge in [-0.2, -0.15) is 0 Å². The molecule has 0 aromatic carbocycles. The molecule has 0 N–H and O–H groups in total. The summed E-state index contributed by atoms with van der Waals surface area (Å²) >= 11 is 0. The van der Waals surface area contributed by atoms with Gasteiger partial charge in [0.15, 0.2) is 6.71 Å². The highest BCUT2D eigenvalue weighted by atomic mass is 14.7. The SMILES string of the molecule is C=C/C=C\C(=NC)B(C)C. The smallest absolute Gasteiger partial charge is 0.193 e.